The van der Waals surface area contributed by atoms with Crippen molar-refractivity contribution in [3.05, 3.63) is 54.6 Å². The van der Waals surface area contributed by atoms with Gasteiger partial charge in [-0.15, -0.1) is 0 Å². The van der Waals surface area contributed by atoms with Crippen molar-refractivity contribution < 1.29 is 20.1 Å². The fourth-order valence-corrected chi connectivity index (χ4v) is 1.14. The molecule has 0 aromatic heterocycles. The van der Waals surface area contributed by atoms with Gasteiger partial charge < -0.3 is 20.1 Å². The molecule has 1 atom stereocenters. The summed E-state index contributed by atoms with van der Waals surface area (Å²) < 4.78 is 5.52. The van der Waals surface area contributed by atoms with Gasteiger partial charge in [0.15, 0.2) is 0 Å². The smallest absolute Gasteiger partial charge is 0.127 e. The molecule has 0 fully saturated rings. The van der Waals surface area contributed by atoms with Gasteiger partial charge in [0.25, 0.3) is 0 Å². The minimum absolute atomic E-state index is 0.139. The molecular weight excluding hydrogens is 244 g/mol. The Balaban J connectivity index is 0.000000312. The summed E-state index contributed by atoms with van der Waals surface area (Å²) in [7, 11) is 0. The Bertz CT molecular complexity index is 451. The monoisotopic (exact) mass is 262 g/mol. The normalized spacial score (nSPS) is 11.1. The zero-order valence-electron chi connectivity index (χ0n) is 10.7. The van der Waals surface area contributed by atoms with Crippen molar-refractivity contribution in [3.63, 3.8) is 0 Å². The van der Waals surface area contributed by atoms with E-state index in [9.17, 15) is 0 Å². The third-order valence-corrected chi connectivity index (χ3v) is 2.08. The number of rotatable bonds is 3. The van der Waals surface area contributed by atoms with Gasteiger partial charge in [0.1, 0.15) is 17.2 Å². The molecule has 2 aromatic carbocycles. The molecule has 0 aliphatic rings. The van der Waals surface area contributed by atoms with Gasteiger partial charge in [0.2, 0.25) is 0 Å². The van der Waals surface area contributed by atoms with Crippen LogP contribution >= 0.6 is 0 Å². The number of aromatic hydroxyl groups is 1. The number of para-hydroxylation sites is 1. The number of hydrogen-bond donors (Lipinski definition) is 3. The van der Waals surface area contributed by atoms with E-state index >= 15 is 0 Å². The van der Waals surface area contributed by atoms with Crippen molar-refractivity contribution >= 4 is 0 Å². The fraction of sp³-hybridized carbons (Fsp3) is 0.200. The van der Waals surface area contributed by atoms with Crippen LogP contribution in [-0.2, 0) is 0 Å². The minimum Gasteiger partial charge on any atom is -0.508 e. The lowest BCUT2D eigenvalue weighted by atomic mass is 10.3. The third-order valence-electron chi connectivity index (χ3n) is 2.08. The van der Waals surface area contributed by atoms with Crippen LogP contribution in [0.1, 0.15) is 6.92 Å². The van der Waals surface area contributed by atoms with E-state index in [1.807, 2.05) is 30.3 Å². The molecule has 2 rings (SSSR count). The van der Waals surface area contributed by atoms with Gasteiger partial charge in [-0.1, -0.05) is 18.2 Å². The molecule has 2 aromatic rings. The average molecular weight is 262 g/mol. The van der Waals surface area contributed by atoms with Gasteiger partial charge in [-0.25, -0.2) is 0 Å². The first-order chi connectivity index (χ1) is 9.11. The van der Waals surface area contributed by atoms with Gasteiger partial charge >= 0.3 is 0 Å². The first kappa shape index (κ1) is 15.0. The summed E-state index contributed by atoms with van der Waals surface area (Å²) in [5.41, 5.74) is 0. The second kappa shape index (κ2) is 8.13. The van der Waals surface area contributed by atoms with Crippen LogP contribution in [0.15, 0.2) is 54.6 Å². The fourth-order valence-electron chi connectivity index (χ4n) is 1.14. The molecule has 1 unspecified atom stereocenters. The Hall–Kier alpha value is -2.04. The van der Waals surface area contributed by atoms with Gasteiger partial charge in [0, 0.05) is 0 Å². The Morgan fingerprint density at radius 3 is 1.89 bits per heavy atom. The van der Waals surface area contributed by atoms with E-state index in [0.29, 0.717) is 5.75 Å². The van der Waals surface area contributed by atoms with Crippen LogP contribution in [0, 0.1) is 0 Å². The van der Waals surface area contributed by atoms with Crippen molar-refractivity contribution in [3.8, 4) is 17.2 Å². The number of ether oxygens (including phenoxy) is 1. The maximum atomic E-state index is 9.07. The van der Waals surface area contributed by atoms with Crippen LogP contribution in [0.2, 0.25) is 0 Å². The standard InChI is InChI=1S/C12H10O2.C3H8O2/c13-10-6-8-12(9-7-10)14-11-4-2-1-3-5-11;1-3(5)2-4/h1-9,13H;3-5H,2H2,1H3. The molecule has 102 valence electrons. The molecule has 0 bridgehead atoms. The molecule has 0 amide bonds. The Labute approximate surface area is 112 Å². The van der Waals surface area contributed by atoms with E-state index in [2.05, 4.69) is 0 Å². The highest BCUT2D eigenvalue weighted by Gasteiger charge is 1.95. The van der Waals surface area contributed by atoms with Crippen LogP contribution in [0.5, 0.6) is 17.2 Å². The summed E-state index contributed by atoms with van der Waals surface area (Å²) in [5.74, 6) is 1.75. The van der Waals surface area contributed by atoms with E-state index in [4.69, 9.17) is 20.1 Å². The van der Waals surface area contributed by atoms with Crippen LogP contribution in [-0.4, -0.2) is 28.0 Å². The van der Waals surface area contributed by atoms with Gasteiger partial charge in [-0.3, -0.25) is 0 Å². The lowest BCUT2D eigenvalue weighted by Gasteiger charge is -2.04. The molecule has 3 N–H and O–H groups in total. The van der Waals surface area contributed by atoms with E-state index in [1.54, 1.807) is 24.3 Å². The predicted molar refractivity (Wildman–Crippen MR) is 73.4 cm³/mol. The first-order valence-corrected chi connectivity index (χ1v) is 5.92. The molecular formula is C15H18O4. The lowest BCUT2D eigenvalue weighted by molar-refractivity contribution is 0.110. The van der Waals surface area contributed by atoms with Gasteiger partial charge in [-0.05, 0) is 43.3 Å². The Kier molecular flexibility index (Phi) is 6.43. The van der Waals surface area contributed by atoms with Crippen LogP contribution < -0.4 is 4.74 Å². The summed E-state index contributed by atoms with van der Waals surface area (Å²) >= 11 is 0. The van der Waals surface area contributed by atoms with Crippen LogP contribution in [0.3, 0.4) is 0 Å². The largest absolute Gasteiger partial charge is 0.508 e. The van der Waals surface area contributed by atoms with Crippen LogP contribution in [0.4, 0.5) is 0 Å². The molecule has 19 heavy (non-hydrogen) atoms. The summed E-state index contributed by atoms with van der Waals surface area (Å²) in [6.45, 7) is 1.39. The highest BCUT2D eigenvalue weighted by Crippen LogP contribution is 2.22. The van der Waals surface area contributed by atoms with Crippen molar-refractivity contribution in [1.82, 2.24) is 0 Å². The number of phenolic OH excluding ortho intramolecular Hbond substituents is 1. The Morgan fingerprint density at radius 2 is 1.42 bits per heavy atom. The van der Waals surface area contributed by atoms with Crippen molar-refractivity contribution in [1.29, 1.82) is 0 Å². The highest BCUT2D eigenvalue weighted by molar-refractivity contribution is 5.34. The molecule has 0 heterocycles. The first-order valence-electron chi connectivity index (χ1n) is 5.92. The molecule has 0 saturated heterocycles. The van der Waals surface area contributed by atoms with Crippen molar-refractivity contribution in [2.45, 2.75) is 13.0 Å². The van der Waals surface area contributed by atoms with E-state index in [0.717, 1.165) is 5.75 Å². The quantitative estimate of drug-likeness (QED) is 0.795. The predicted octanol–water partition coefficient (Wildman–Crippen LogP) is 2.54. The van der Waals surface area contributed by atoms with E-state index < -0.39 is 6.10 Å². The minimum atomic E-state index is -0.560. The lowest BCUT2D eigenvalue weighted by Crippen LogP contribution is -2.03. The topological polar surface area (TPSA) is 69.9 Å². The van der Waals surface area contributed by atoms with E-state index in [-0.39, 0.29) is 12.4 Å². The highest BCUT2D eigenvalue weighted by atomic mass is 16.5. The second-order valence-electron chi connectivity index (χ2n) is 3.94. The number of benzene rings is 2. The molecule has 0 aliphatic carbocycles. The summed E-state index contributed by atoms with van der Waals surface area (Å²) in [6, 6.07) is 16.2. The number of aliphatic hydroxyl groups is 2. The SMILES string of the molecule is CC(O)CO.Oc1ccc(Oc2ccccc2)cc1. The number of aliphatic hydroxyl groups excluding tert-OH is 2. The average Bonchev–Trinajstić information content (AvgIpc) is 2.43. The summed E-state index contributed by atoms with van der Waals surface area (Å²) in [4.78, 5) is 0. The maximum absolute atomic E-state index is 9.07. The number of hydrogen-bond acceptors (Lipinski definition) is 4. The second-order valence-corrected chi connectivity index (χ2v) is 3.94. The maximum Gasteiger partial charge on any atom is 0.127 e. The van der Waals surface area contributed by atoms with Crippen molar-refractivity contribution in [2.24, 2.45) is 0 Å². The molecule has 4 heteroatoms. The molecule has 0 saturated carbocycles. The molecule has 0 radical (unpaired) electrons. The third kappa shape index (κ3) is 6.45. The summed E-state index contributed by atoms with van der Waals surface area (Å²) in [6.07, 6.45) is -0.560. The zero-order valence-corrected chi connectivity index (χ0v) is 10.7. The molecule has 0 spiro atoms. The molecule has 0 aliphatic heterocycles. The zero-order chi connectivity index (χ0) is 14.1. The Morgan fingerprint density at radius 1 is 0.947 bits per heavy atom. The summed E-state index contributed by atoms with van der Waals surface area (Å²) in [5, 5.41) is 25.1. The van der Waals surface area contributed by atoms with Gasteiger partial charge in [0.05, 0.1) is 12.7 Å². The van der Waals surface area contributed by atoms with Gasteiger partial charge in [-0.2, -0.15) is 0 Å². The van der Waals surface area contributed by atoms with Crippen molar-refractivity contribution in [2.75, 3.05) is 6.61 Å². The number of phenols is 1. The van der Waals surface area contributed by atoms with E-state index in [1.165, 1.54) is 6.92 Å². The van der Waals surface area contributed by atoms with Crippen LogP contribution in [0.25, 0.3) is 0 Å². The molecule has 4 nitrogen and oxygen atoms in total.